The molecule has 1 N–H and O–H groups in total. The van der Waals surface area contributed by atoms with Crippen LogP contribution in [0.1, 0.15) is 13.3 Å². The number of benzene rings is 2. The van der Waals surface area contributed by atoms with Crippen LogP contribution < -0.4 is 5.32 Å². The van der Waals surface area contributed by atoms with Crippen LogP contribution in [-0.4, -0.2) is 28.6 Å². The molecule has 2 atom stereocenters. The SMILES string of the molecule is CC1CC(NC(=O)Cn2c(-c3ccccc3)cc3ccccc32)C(=O)O1. The third-order valence-electron chi connectivity index (χ3n) is 4.69. The van der Waals surface area contributed by atoms with Gasteiger partial charge in [0.2, 0.25) is 5.91 Å². The van der Waals surface area contributed by atoms with E-state index in [0.717, 1.165) is 22.2 Å². The highest BCUT2D eigenvalue weighted by Crippen LogP contribution is 2.28. The molecule has 4 rings (SSSR count). The molecule has 0 saturated carbocycles. The van der Waals surface area contributed by atoms with Crippen LogP contribution >= 0.6 is 0 Å². The summed E-state index contributed by atoms with van der Waals surface area (Å²) in [5.41, 5.74) is 3.01. The second-order valence-electron chi connectivity index (χ2n) is 6.64. The molecule has 3 aromatic rings. The lowest BCUT2D eigenvalue weighted by Gasteiger charge is -2.13. The average Bonchev–Trinajstić information content (AvgIpc) is 3.15. The molecule has 0 radical (unpaired) electrons. The molecule has 1 fully saturated rings. The molecule has 0 bridgehead atoms. The van der Waals surface area contributed by atoms with Crippen LogP contribution in [0.3, 0.4) is 0 Å². The minimum Gasteiger partial charge on any atom is -0.461 e. The topological polar surface area (TPSA) is 60.3 Å². The highest BCUT2D eigenvalue weighted by Gasteiger charge is 2.33. The maximum Gasteiger partial charge on any atom is 0.329 e. The standard InChI is InChI=1S/C21H20N2O3/c1-14-11-17(21(25)26-14)22-20(24)13-23-18-10-6-5-9-16(18)12-19(23)15-7-3-2-4-8-15/h2-10,12,14,17H,11,13H2,1H3,(H,22,24). The lowest BCUT2D eigenvalue weighted by atomic mass is 10.1. The molecule has 1 saturated heterocycles. The van der Waals surface area contributed by atoms with Crippen LogP contribution in [0.15, 0.2) is 60.7 Å². The van der Waals surface area contributed by atoms with Crippen molar-refractivity contribution in [3.8, 4) is 11.3 Å². The summed E-state index contributed by atoms with van der Waals surface area (Å²) < 4.78 is 7.10. The molecule has 1 aromatic heterocycles. The van der Waals surface area contributed by atoms with Gasteiger partial charge in [-0.3, -0.25) is 4.79 Å². The molecule has 2 aromatic carbocycles. The smallest absolute Gasteiger partial charge is 0.329 e. The molecule has 2 unspecified atom stereocenters. The van der Waals surface area contributed by atoms with Crippen molar-refractivity contribution in [2.24, 2.45) is 0 Å². The Labute approximate surface area is 151 Å². The summed E-state index contributed by atoms with van der Waals surface area (Å²) in [7, 11) is 0. The molecule has 26 heavy (non-hydrogen) atoms. The highest BCUT2D eigenvalue weighted by molar-refractivity contribution is 5.90. The Hall–Kier alpha value is -3.08. The molecule has 1 aliphatic rings. The van der Waals surface area contributed by atoms with Gasteiger partial charge in [-0.25, -0.2) is 4.79 Å². The number of rotatable bonds is 4. The molecule has 0 aliphatic carbocycles. The monoisotopic (exact) mass is 348 g/mol. The van der Waals surface area contributed by atoms with Crippen LogP contribution in [-0.2, 0) is 20.9 Å². The van der Waals surface area contributed by atoms with Gasteiger partial charge in [-0.2, -0.15) is 0 Å². The minimum absolute atomic E-state index is 0.149. The number of carbonyl (C=O) groups excluding carboxylic acids is 2. The Morgan fingerprint density at radius 2 is 1.88 bits per heavy atom. The number of para-hydroxylation sites is 1. The van der Waals surface area contributed by atoms with Gasteiger partial charge in [0.15, 0.2) is 0 Å². The van der Waals surface area contributed by atoms with E-state index < -0.39 is 6.04 Å². The third-order valence-corrected chi connectivity index (χ3v) is 4.69. The number of aromatic nitrogens is 1. The summed E-state index contributed by atoms with van der Waals surface area (Å²) in [6.45, 7) is 1.98. The number of carbonyl (C=O) groups is 2. The number of fused-ring (bicyclic) bond motifs is 1. The van der Waals surface area contributed by atoms with E-state index in [9.17, 15) is 9.59 Å². The summed E-state index contributed by atoms with van der Waals surface area (Å²) in [4.78, 5) is 24.4. The molecule has 0 spiro atoms. The lowest BCUT2D eigenvalue weighted by molar-refractivity contribution is -0.143. The molecule has 1 amide bonds. The van der Waals surface area contributed by atoms with Crippen LogP contribution in [0.5, 0.6) is 0 Å². The fourth-order valence-corrected chi connectivity index (χ4v) is 3.49. The van der Waals surface area contributed by atoms with E-state index in [1.165, 1.54) is 0 Å². The first-order valence-corrected chi connectivity index (χ1v) is 8.75. The van der Waals surface area contributed by atoms with E-state index in [1.807, 2.05) is 66.1 Å². The molecule has 5 nitrogen and oxygen atoms in total. The van der Waals surface area contributed by atoms with Gasteiger partial charge in [0.1, 0.15) is 18.7 Å². The van der Waals surface area contributed by atoms with E-state index in [0.29, 0.717) is 6.42 Å². The van der Waals surface area contributed by atoms with Crippen molar-refractivity contribution < 1.29 is 14.3 Å². The van der Waals surface area contributed by atoms with Crippen molar-refractivity contribution in [3.05, 3.63) is 60.7 Å². The first-order chi connectivity index (χ1) is 12.6. The quantitative estimate of drug-likeness (QED) is 0.737. The number of nitrogens with zero attached hydrogens (tertiary/aromatic N) is 1. The summed E-state index contributed by atoms with van der Waals surface area (Å²) in [5.74, 6) is -0.550. The van der Waals surface area contributed by atoms with Gasteiger partial charge >= 0.3 is 5.97 Å². The van der Waals surface area contributed by atoms with Gasteiger partial charge in [0, 0.05) is 23.0 Å². The lowest BCUT2D eigenvalue weighted by Crippen LogP contribution is -2.39. The predicted octanol–water partition coefficient (Wildman–Crippen LogP) is 3.13. The normalized spacial score (nSPS) is 19.5. The molecule has 2 heterocycles. The molecular formula is C21H20N2O3. The van der Waals surface area contributed by atoms with Gasteiger partial charge in [-0.1, -0.05) is 48.5 Å². The Balaban J connectivity index is 1.65. The zero-order valence-electron chi connectivity index (χ0n) is 14.5. The molecule has 1 aliphatic heterocycles. The first kappa shape index (κ1) is 16.4. The van der Waals surface area contributed by atoms with Gasteiger partial charge in [0.05, 0.1) is 0 Å². The van der Waals surface area contributed by atoms with Crippen LogP contribution in [0.4, 0.5) is 0 Å². The zero-order chi connectivity index (χ0) is 18.1. The highest BCUT2D eigenvalue weighted by atomic mass is 16.6. The summed E-state index contributed by atoms with van der Waals surface area (Å²) in [6, 6.07) is 19.5. The van der Waals surface area contributed by atoms with Gasteiger partial charge in [-0.05, 0) is 24.6 Å². The Kier molecular flexibility index (Phi) is 4.21. The van der Waals surface area contributed by atoms with E-state index >= 15 is 0 Å². The van der Waals surface area contributed by atoms with Crippen molar-refractivity contribution in [2.45, 2.75) is 32.0 Å². The average molecular weight is 348 g/mol. The number of ether oxygens (including phenoxy) is 1. The Bertz CT molecular complexity index is 962. The van der Waals surface area contributed by atoms with Crippen molar-refractivity contribution in [3.63, 3.8) is 0 Å². The first-order valence-electron chi connectivity index (χ1n) is 8.75. The number of hydrogen-bond acceptors (Lipinski definition) is 3. The maximum atomic E-state index is 12.6. The van der Waals surface area contributed by atoms with E-state index in [2.05, 4.69) is 11.4 Å². The van der Waals surface area contributed by atoms with Crippen LogP contribution in [0, 0.1) is 0 Å². The summed E-state index contributed by atoms with van der Waals surface area (Å²) >= 11 is 0. The van der Waals surface area contributed by atoms with Crippen LogP contribution in [0.25, 0.3) is 22.2 Å². The second-order valence-corrected chi connectivity index (χ2v) is 6.64. The molecule has 132 valence electrons. The van der Waals surface area contributed by atoms with Crippen LogP contribution in [0.2, 0.25) is 0 Å². The van der Waals surface area contributed by atoms with Crippen molar-refractivity contribution in [1.29, 1.82) is 0 Å². The predicted molar refractivity (Wildman–Crippen MR) is 99.5 cm³/mol. The largest absolute Gasteiger partial charge is 0.461 e. The van der Waals surface area contributed by atoms with E-state index in [-0.39, 0.29) is 24.5 Å². The second kappa shape index (κ2) is 6.67. The van der Waals surface area contributed by atoms with Gasteiger partial charge in [0.25, 0.3) is 0 Å². The zero-order valence-corrected chi connectivity index (χ0v) is 14.5. The third kappa shape index (κ3) is 3.08. The van der Waals surface area contributed by atoms with Gasteiger partial charge < -0.3 is 14.6 Å². The summed E-state index contributed by atoms with van der Waals surface area (Å²) in [6.07, 6.45) is 0.364. The number of amides is 1. The Morgan fingerprint density at radius 1 is 1.15 bits per heavy atom. The Morgan fingerprint density at radius 3 is 2.62 bits per heavy atom. The van der Waals surface area contributed by atoms with Gasteiger partial charge in [-0.15, -0.1) is 0 Å². The van der Waals surface area contributed by atoms with Crippen molar-refractivity contribution in [2.75, 3.05) is 0 Å². The number of cyclic esters (lactones) is 1. The molecular weight excluding hydrogens is 328 g/mol. The number of nitrogens with one attached hydrogen (secondary N) is 1. The summed E-state index contributed by atoms with van der Waals surface area (Å²) in [5, 5.41) is 3.88. The van der Waals surface area contributed by atoms with E-state index in [4.69, 9.17) is 4.74 Å². The maximum absolute atomic E-state index is 12.6. The van der Waals surface area contributed by atoms with Crippen molar-refractivity contribution in [1.82, 2.24) is 9.88 Å². The molecule has 5 heteroatoms. The fraction of sp³-hybridized carbons (Fsp3) is 0.238. The fourth-order valence-electron chi connectivity index (χ4n) is 3.49. The number of esters is 1. The van der Waals surface area contributed by atoms with E-state index in [1.54, 1.807) is 0 Å². The number of hydrogen-bond donors (Lipinski definition) is 1. The minimum atomic E-state index is -0.556. The van der Waals surface area contributed by atoms with Crippen molar-refractivity contribution >= 4 is 22.8 Å².